The van der Waals surface area contributed by atoms with Gasteiger partial charge in [-0.1, -0.05) is 170 Å². The first kappa shape index (κ1) is 33.2. The van der Waals surface area contributed by atoms with E-state index < -0.39 is 0 Å². The first-order valence-electron chi connectivity index (χ1n) is 19.8. The van der Waals surface area contributed by atoms with Gasteiger partial charge in [0.05, 0.1) is 33.5 Å². The van der Waals surface area contributed by atoms with Gasteiger partial charge < -0.3 is 9.52 Å². The van der Waals surface area contributed by atoms with Gasteiger partial charge in [0.25, 0.3) is 0 Å². The normalized spacial score (nSPS) is 11.8. The second-order valence-electron chi connectivity index (χ2n) is 15.0. The number of fused-ring (bicyclic) bond motifs is 9. The Morgan fingerprint density at radius 1 is 0.407 bits per heavy atom. The lowest BCUT2D eigenvalue weighted by Crippen LogP contribution is -2.03. The van der Waals surface area contributed by atoms with Crippen molar-refractivity contribution >= 4 is 65.4 Å². The zero-order chi connectivity index (χ0) is 39.0. The first-order chi connectivity index (χ1) is 29.2. The summed E-state index contributed by atoms with van der Waals surface area (Å²) < 4.78 is 8.48. The molecule has 5 heteroatoms. The minimum Gasteiger partial charge on any atom is -0.507 e. The second kappa shape index (κ2) is 13.0. The molecule has 0 aliphatic rings. The van der Waals surface area contributed by atoms with Crippen LogP contribution in [0.2, 0.25) is 0 Å². The van der Waals surface area contributed by atoms with Crippen LogP contribution in [-0.2, 0) is 0 Å². The lowest BCUT2D eigenvalue weighted by atomic mass is 9.95. The summed E-state index contributed by atoms with van der Waals surface area (Å²) in [5.41, 5.74) is 11.5. The Kier molecular flexibility index (Phi) is 7.31. The number of phenols is 1. The van der Waals surface area contributed by atoms with Gasteiger partial charge in [-0.15, -0.1) is 0 Å². The van der Waals surface area contributed by atoms with Gasteiger partial charge in [-0.2, -0.15) is 0 Å². The van der Waals surface area contributed by atoms with Gasteiger partial charge in [0, 0.05) is 49.7 Å². The highest BCUT2D eigenvalue weighted by Gasteiger charge is 2.26. The number of hydrogen-bond donors (Lipinski definition) is 1. The zero-order valence-corrected chi connectivity index (χ0v) is 31.7. The minimum absolute atomic E-state index is 0.0777. The van der Waals surface area contributed by atoms with Gasteiger partial charge in [-0.05, 0) is 40.1 Å². The van der Waals surface area contributed by atoms with Gasteiger partial charge >= 0.3 is 0 Å². The molecule has 12 rings (SSSR count). The van der Waals surface area contributed by atoms with Crippen LogP contribution in [0.5, 0.6) is 5.75 Å². The number of benzene rings is 9. The van der Waals surface area contributed by atoms with E-state index >= 15 is 0 Å². The standard InChI is InChI=1S/C54H33N3O2/c58-47-32-49-44(40-22-11-12-28-48(40)59-49)31-45(47)54-56-52-43(51-41-23-10-9-21-39(41)42-30-29-35-19-7-8-20-36(35)50(42)55-51)26-14-27-46(52)57(54)53-37(33-15-3-1-4-16-33)24-13-25-38(53)34-17-5-2-6-18-34/h1-32,58H. The highest BCUT2D eigenvalue weighted by atomic mass is 16.3. The van der Waals surface area contributed by atoms with Crippen LogP contribution in [0.15, 0.2) is 199 Å². The molecule has 0 aliphatic carbocycles. The molecule has 3 aromatic heterocycles. The molecule has 3 heterocycles. The average Bonchev–Trinajstić information content (AvgIpc) is 3.86. The maximum atomic E-state index is 12.1. The van der Waals surface area contributed by atoms with Crippen LogP contribution >= 0.6 is 0 Å². The number of furan rings is 1. The molecule has 0 fully saturated rings. The number of phenolic OH excluding ortho intramolecular Hbond substituents is 1. The van der Waals surface area contributed by atoms with Crippen molar-refractivity contribution in [2.24, 2.45) is 0 Å². The van der Waals surface area contributed by atoms with E-state index in [0.717, 1.165) is 99.0 Å². The molecule has 0 bridgehead atoms. The molecule has 5 nitrogen and oxygen atoms in total. The number of pyridine rings is 1. The number of rotatable bonds is 5. The van der Waals surface area contributed by atoms with Gasteiger partial charge in [0.15, 0.2) is 0 Å². The largest absolute Gasteiger partial charge is 0.507 e. The zero-order valence-electron chi connectivity index (χ0n) is 31.7. The highest BCUT2D eigenvalue weighted by molar-refractivity contribution is 6.19. The fourth-order valence-electron chi connectivity index (χ4n) is 9.02. The molecular weight excluding hydrogens is 723 g/mol. The molecule has 0 aliphatic heterocycles. The summed E-state index contributed by atoms with van der Waals surface area (Å²) in [6.45, 7) is 0. The Balaban J connectivity index is 1.24. The molecule has 0 spiro atoms. The van der Waals surface area contributed by atoms with Crippen molar-refractivity contribution in [2.75, 3.05) is 0 Å². The van der Waals surface area contributed by atoms with Gasteiger partial charge in [0.2, 0.25) is 0 Å². The van der Waals surface area contributed by atoms with Crippen molar-refractivity contribution in [3.63, 3.8) is 0 Å². The molecule has 0 saturated heterocycles. The average molecular weight is 756 g/mol. The third-order valence-corrected chi connectivity index (χ3v) is 11.7. The van der Waals surface area contributed by atoms with E-state index in [-0.39, 0.29) is 5.75 Å². The van der Waals surface area contributed by atoms with E-state index in [4.69, 9.17) is 14.4 Å². The predicted octanol–water partition coefficient (Wildman–Crippen LogP) is 14.2. The monoisotopic (exact) mass is 755 g/mol. The Hall–Kier alpha value is -8.02. The molecule has 0 amide bonds. The molecule has 0 saturated carbocycles. The smallest absolute Gasteiger partial charge is 0.149 e. The minimum atomic E-state index is 0.0777. The summed E-state index contributed by atoms with van der Waals surface area (Å²) in [6.07, 6.45) is 0. The predicted molar refractivity (Wildman–Crippen MR) is 242 cm³/mol. The van der Waals surface area contributed by atoms with E-state index in [9.17, 15) is 5.11 Å². The quantitative estimate of drug-likeness (QED) is 0.178. The number of aromatic nitrogens is 3. The van der Waals surface area contributed by atoms with E-state index in [1.54, 1.807) is 6.07 Å². The molecule has 59 heavy (non-hydrogen) atoms. The van der Waals surface area contributed by atoms with Crippen LogP contribution in [0.25, 0.3) is 116 Å². The number of imidazole rings is 1. The van der Waals surface area contributed by atoms with Crippen molar-refractivity contribution < 1.29 is 9.52 Å². The van der Waals surface area contributed by atoms with E-state index in [1.165, 1.54) is 0 Å². The topological polar surface area (TPSA) is 64.1 Å². The van der Waals surface area contributed by atoms with Crippen molar-refractivity contribution in [1.29, 1.82) is 0 Å². The van der Waals surface area contributed by atoms with Crippen LogP contribution in [0.3, 0.4) is 0 Å². The van der Waals surface area contributed by atoms with Crippen molar-refractivity contribution in [1.82, 2.24) is 14.5 Å². The Morgan fingerprint density at radius 3 is 1.80 bits per heavy atom. The number of aromatic hydroxyl groups is 1. The molecule has 1 N–H and O–H groups in total. The van der Waals surface area contributed by atoms with Crippen LogP contribution in [-0.4, -0.2) is 19.6 Å². The van der Waals surface area contributed by atoms with Crippen LogP contribution in [0, 0.1) is 0 Å². The molecule has 0 radical (unpaired) electrons. The van der Waals surface area contributed by atoms with E-state index in [0.29, 0.717) is 17.0 Å². The molecule has 0 unspecified atom stereocenters. The van der Waals surface area contributed by atoms with Gasteiger partial charge in [-0.25, -0.2) is 9.97 Å². The van der Waals surface area contributed by atoms with E-state index in [2.05, 4.69) is 156 Å². The van der Waals surface area contributed by atoms with Crippen LogP contribution < -0.4 is 0 Å². The molecule has 9 aromatic carbocycles. The molecular formula is C54H33N3O2. The molecule has 12 aromatic rings. The summed E-state index contributed by atoms with van der Waals surface area (Å²) in [4.78, 5) is 11.2. The summed E-state index contributed by atoms with van der Waals surface area (Å²) in [6, 6.07) is 66.9. The fraction of sp³-hybridized carbons (Fsp3) is 0. The second-order valence-corrected chi connectivity index (χ2v) is 15.0. The van der Waals surface area contributed by atoms with Crippen LogP contribution in [0.4, 0.5) is 0 Å². The Labute approximate surface area is 338 Å². The third kappa shape index (κ3) is 5.12. The summed E-state index contributed by atoms with van der Waals surface area (Å²) in [5.74, 6) is 0.683. The molecule has 0 atom stereocenters. The SMILES string of the molecule is Oc1cc2oc3ccccc3c2cc1-c1nc2c(-c3nc4c5ccccc5ccc4c4ccccc34)cccc2n1-c1c(-c2ccccc2)cccc1-c1ccccc1. The molecule has 276 valence electrons. The van der Waals surface area contributed by atoms with Crippen LogP contribution in [0.1, 0.15) is 0 Å². The number of nitrogens with zero attached hydrogens (tertiary/aromatic N) is 3. The fourth-order valence-corrected chi connectivity index (χ4v) is 9.02. The lowest BCUT2D eigenvalue weighted by molar-refractivity contribution is 0.476. The van der Waals surface area contributed by atoms with Crippen molar-refractivity contribution in [3.8, 4) is 56.3 Å². The first-order valence-corrected chi connectivity index (χ1v) is 19.8. The maximum Gasteiger partial charge on any atom is 0.149 e. The van der Waals surface area contributed by atoms with Gasteiger partial charge in [0.1, 0.15) is 22.7 Å². The Morgan fingerprint density at radius 2 is 1.03 bits per heavy atom. The summed E-state index contributed by atoms with van der Waals surface area (Å²) >= 11 is 0. The van der Waals surface area contributed by atoms with Crippen molar-refractivity contribution in [2.45, 2.75) is 0 Å². The van der Waals surface area contributed by atoms with Crippen molar-refractivity contribution in [3.05, 3.63) is 194 Å². The van der Waals surface area contributed by atoms with E-state index in [1.807, 2.05) is 36.4 Å². The summed E-state index contributed by atoms with van der Waals surface area (Å²) in [7, 11) is 0. The third-order valence-electron chi connectivity index (χ3n) is 11.7. The number of hydrogen-bond acceptors (Lipinski definition) is 4. The number of para-hydroxylation sites is 3. The maximum absolute atomic E-state index is 12.1. The lowest BCUT2D eigenvalue weighted by Gasteiger charge is -2.20. The summed E-state index contributed by atoms with van der Waals surface area (Å²) in [5, 5.41) is 19.5. The van der Waals surface area contributed by atoms with Gasteiger partial charge in [-0.3, -0.25) is 4.57 Å². The Bertz CT molecular complexity index is 3570. The highest BCUT2D eigenvalue weighted by Crippen LogP contribution is 2.46.